The highest BCUT2D eigenvalue weighted by Crippen LogP contribution is 2.34. The van der Waals surface area contributed by atoms with Gasteiger partial charge in [-0.3, -0.25) is 4.98 Å². The molecule has 0 bridgehead atoms. The van der Waals surface area contributed by atoms with E-state index < -0.39 is 0 Å². The average Bonchev–Trinajstić information content (AvgIpc) is 2.52. The normalized spacial score (nSPS) is 10.9. The molecular formula is C23H25N. The van der Waals surface area contributed by atoms with Gasteiger partial charge < -0.3 is 0 Å². The summed E-state index contributed by atoms with van der Waals surface area (Å²) in [6, 6.07) is 15.7. The molecule has 0 spiro atoms. The standard InChI is InChI=1S/C23H25N/c1-6-21-13-22(19-9-15(2)7-16(3)10-19)23(14-24-21)20-11-17(4)8-18(5)12-20/h7-14H,6H2,1-5H3. The topological polar surface area (TPSA) is 12.9 Å². The summed E-state index contributed by atoms with van der Waals surface area (Å²) in [4.78, 5) is 4.66. The predicted octanol–water partition coefficient (Wildman–Crippen LogP) is 6.21. The fourth-order valence-electron chi connectivity index (χ4n) is 3.42. The van der Waals surface area contributed by atoms with Crippen LogP contribution < -0.4 is 0 Å². The monoisotopic (exact) mass is 315 g/mol. The summed E-state index contributed by atoms with van der Waals surface area (Å²) in [6.45, 7) is 10.8. The molecule has 0 aliphatic carbocycles. The van der Waals surface area contributed by atoms with Gasteiger partial charge in [-0.2, -0.15) is 0 Å². The molecule has 0 N–H and O–H groups in total. The summed E-state index contributed by atoms with van der Waals surface area (Å²) in [5.74, 6) is 0. The Hall–Kier alpha value is -2.41. The molecule has 0 saturated heterocycles. The van der Waals surface area contributed by atoms with Gasteiger partial charge in [-0.25, -0.2) is 0 Å². The van der Waals surface area contributed by atoms with Crippen LogP contribution in [0, 0.1) is 27.7 Å². The Bertz CT molecular complexity index is 850. The number of hydrogen-bond acceptors (Lipinski definition) is 1. The minimum Gasteiger partial charge on any atom is -0.261 e. The van der Waals surface area contributed by atoms with Gasteiger partial charge in [0.1, 0.15) is 0 Å². The molecule has 0 saturated carbocycles. The smallest absolute Gasteiger partial charge is 0.0407 e. The summed E-state index contributed by atoms with van der Waals surface area (Å²) in [6.07, 6.45) is 2.99. The molecule has 3 aromatic rings. The maximum absolute atomic E-state index is 4.66. The number of aryl methyl sites for hydroxylation is 5. The zero-order chi connectivity index (χ0) is 17.3. The molecule has 0 aliphatic heterocycles. The first-order valence-corrected chi connectivity index (χ1v) is 8.62. The van der Waals surface area contributed by atoms with E-state index in [1.165, 1.54) is 44.5 Å². The van der Waals surface area contributed by atoms with Gasteiger partial charge in [-0.05, 0) is 56.9 Å². The largest absolute Gasteiger partial charge is 0.261 e. The van der Waals surface area contributed by atoms with E-state index in [0.717, 1.165) is 12.1 Å². The molecule has 0 radical (unpaired) electrons. The average molecular weight is 315 g/mol. The van der Waals surface area contributed by atoms with Crippen molar-refractivity contribution in [2.24, 2.45) is 0 Å². The first-order chi connectivity index (χ1) is 11.5. The van der Waals surface area contributed by atoms with Crippen LogP contribution in [0.25, 0.3) is 22.3 Å². The van der Waals surface area contributed by atoms with Gasteiger partial charge in [0.25, 0.3) is 0 Å². The Balaban J connectivity index is 2.26. The van der Waals surface area contributed by atoms with E-state index in [9.17, 15) is 0 Å². The molecule has 1 heterocycles. The summed E-state index contributed by atoms with van der Waals surface area (Å²) >= 11 is 0. The number of aromatic nitrogens is 1. The Kier molecular flexibility index (Phi) is 4.53. The second-order valence-corrected chi connectivity index (χ2v) is 6.83. The number of pyridine rings is 1. The van der Waals surface area contributed by atoms with Gasteiger partial charge in [-0.1, -0.05) is 65.6 Å². The molecule has 1 aromatic heterocycles. The quantitative estimate of drug-likeness (QED) is 0.560. The van der Waals surface area contributed by atoms with Crippen LogP contribution in [0.4, 0.5) is 0 Å². The molecule has 0 atom stereocenters. The van der Waals surface area contributed by atoms with Crippen molar-refractivity contribution in [1.29, 1.82) is 0 Å². The van der Waals surface area contributed by atoms with Crippen LogP contribution in [0.1, 0.15) is 34.9 Å². The van der Waals surface area contributed by atoms with Crippen LogP contribution in [0.2, 0.25) is 0 Å². The summed E-state index contributed by atoms with van der Waals surface area (Å²) in [5, 5.41) is 0. The van der Waals surface area contributed by atoms with Crippen LogP contribution >= 0.6 is 0 Å². The van der Waals surface area contributed by atoms with Gasteiger partial charge >= 0.3 is 0 Å². The number of benzene rings is 2. The minimum atomic E-state index is 0.949. The Morgan fingerprint density at radius 3 is 1.54 bits per heavy atom. The molecular weight excluding hydrogens is 290 g/mol. The number of hydrogen-bond donors (Lipinski definition) is 0. The molecule has 0 amide bonds. The fraction of sp³-hybridized carbons (Fsp3) is 0.261. The molecule has 0 unspecified atom stereocenters. The van der Waals surface area contributed by atoms with Gasteiger partial charge in [-0.15, -0.1) is 0 Å². The van der Waals surface area contributed by atoms with Crippen LogP contribution in [-0.4, -0.2) is 4.98 Å². The molecule has 3 rings (SSSR count). The highest BCUT2D eigenvalue weighted by Gasteiger charge is 2.11. The SMILES string of the molecule is CCc1cc(-c2cc(C)cc(C)c2)c(-c2cc(C)cc(C)c2)cn1. The second-order valence-electron chi connectivity index (χ2n) is 6.83. The lowest BCUT2D eigenvalue weighted by molar-refractivity contribution is 1.04. The predicted molar refractivity (Wildman–Crippen MR) is 103 cm³/mol. The van der Waals surface area contributed by atoms with Crippen molar-refractivity contribution in [2.45, 2.75) is 41.0 Å². The zero-order valence-electron chi connectivity index (χ0n) is 15.3. The Labute approximate surface area is 145 Å². The number of rotatable bonds is 3. The van der Waals surface area contributed by atoms with E-state index in [1.807, 2.05) is 6.20 Å². The van der Waals surface area contributed by atoms with Gasteiger partial charge in [0.2, 0.25) is 0 Å². The molecule has 0 fully saturated rings. The molecule has 24 heavy (non-hydrogen) atoms. The highest BCUT2D eigenvalue weighted by atomic mass is 14.7. The highest BCUT2D eigenvalue weighted by molar-refractivity contribution is 5.84. The van der Waals surface area contributed by atoms with Gasteiger partial charge in [0.15, 0.2) is 0 Å². The Morgan fingerprint density at radius 2 is 1.08 bits per heavy atom. The lowest BCUT2D eigenvalue weighted by atomic mass is 9.92. The second kappa shape index (κ2) is 6.60. The van der Waals surface area contributed by atoms with Crippen molar-refractivity contribution >= 4 is 0 Å². The van der Waals surface area contributed by atoms with Crippen LogP contribution in [-0.2, 0) is 6.42 Å². The summed E-state index contributed by atoms with van der Waals surface area (Å²) < 4.78 is 0. The van der Waals surface area contributed by atoms with Crippen molar-refractivity contribution in [3.05, 3.63) is 76.6 Å². The Morgan fingerprint density at radius 1 is 0.625 bits per heavy atom. The third kappa shape index (κ3) is 3.41. The third-order valence-electron chi connectivity index (χ3n) is 4.39. The molecule has 0 aliphatic rings. The van der Waals surface area contributed by atoms with Gasteiger partial charge in [0, 0.05) is 17.5 Å². The van der Waals surface area contributed by atoms with E-state index in [4.69, 9.17) is 0 Å². The number of nitrogens with zero attached hydrogens (tertiary/aromatic N) is 1. The fourth-order valence-corrected chi connectivity index (χ4v) is 3.42. The first-order valence-electron chi connectivity index (χ1n) is 8.62. The van der Waals surface area contributed by atoms with Crippen molar-refractivity contribution < 1.29 is 0 Å². The molecule has 1 nitrogen and oxygen atoms in total. The van der Waals surface area contributed by atoms with E-state index in [0.29, 0.717) is 0 Å². The van der Waals surface area contributed by atoms with Crippen molar-refractivity contribution in [1.82, 2.24) is 4.98 Å². The summed E-state index contributed by atoms with van der Waals surface area (Å²) in [5.41, 5.74) is 11.3. The minimum absolute atomic E-state index is 0.949. The summed E-state index contributed by atoms with van der Waals surface area (Å²) in [7, 11) is 0. The first kappa shape index (κ1) is 16.4. The maximum Gasteiger partial charge on any atom is 0.0407 e. The lowest BCUT2D eigenvalue weighted by Crippen LogP contribution is -1.94. The van der Waals surface area contributed by atoms with Crippen LogP contribution in [0.15, 0.2) is 48.7 Å². The van der Waals surface area contributed by atoms with Crippen molar-refractivity contribution in [2.75, 3.05) is 0 Å². The van der Waals surface area contributed by atoms with Gasteiger partial charge in [0.05, 0.1) is 0 Å². The molecule has 2 aromatic carbocycles. The van der Waals surface area contributed by atoms with Crippen LogP contribution in [0.5, 0.6) is 0 Å². The van der Waals surface area contributed by atoms with E-state index in [2.05, 4.69) is 82.1 Å². The lowest BCUT2D eigenvalue weighted by Gasteiger charge is -2.14. The van der Waals surface area contributed by atoms with Crippen LogP contribution in [0.3, 0.4) is 0 Å². The van der Waals surface area contributed by atoms with Crippen molar-refractivity contribution in [3.8, 4) is 22.3 Å². The van der Waals surface area contributed by atoms with Crippen molar-refractivity contribution in [3.63, 3.8) is 0 Å². The zero-order valence-corrected chi connectivity index (χ0v) is 15.3. The van der Waals surface area contributed by atoms with E-state index >= 15 is 0 Å². The maximum atomic E-state index is 4.66. The van der Waals surface area contributed by atoms with E-state index in [-0.39, 0.29) is 0 Å². The molecule has 1 heteroatoms. The molecule has 122 valence electrons. The third-order valence-corrected chi connectivity index (χ3v) is 4.39. The van der Waals surface area contributed by atoms with E-state index in [1.54, 1.807) is 0 Å².